The molecule has 100 valence electrons. The van der Waals surface area contributed by atoms with Crippen LogP contribution < -0.4 is 15.4 Å². The van der Waals surface area contributed by atoms with Gasteiger partial charge in [-0.05, 0) is 50.5 Å². The van der Waals surface area contributed by atoms with Crippen LogP contribution in [0.5, 0.6) is 5.75 Å². The van der Waals surface area contributed by atoms with Gasteiger partial charge < -0.3 is 15.4 Å². The molecule has 4 heteroatoms. The number of aryl methyl sites for hydroxylation is 2. The van der Waals surface area contributed by atoms with Crippen molar-refractivity contribution in [1.82, 2.24) is 10.6 Å². The summed E-state index contributed by atoms with van der Waals surface area (Å²) in [5.74, 6) is 0.878. The number of benzene rings is 1. The summed E-state index contributed by atoms with van der Waals surface area (Å²) in [6.07, 6.45) is 0. The number of hydrogen-bond acceptors (Lipinski definition) is 2. The molecule has 18 heavy (non-hydrogen) atoms. The van der Waals surface area contributed by atoms with Crippen LogP contribution in [0.1, 0.15) is 30.5 Å². The summed E-state index contributed by atoms with van der Waals surface area (Å²) >= 11 is 0. The molecule has 0 aliphatic rings. The van der Waals surface area contributed by atoms with E-state index in [1.54, 1.807) is 7.11 Å². The van der Waals surface area contributed by atoms with Crippen molar-refractivity contribution in [2.45, 2.75) is 40.3 Å². The van der Waals surface area contributed by atoms with Gasteiger partial charge in [-0.2, -0.15) is 0 Å². The number of hydrogen-bond donors (Lipinski definition) is 2. The van der Waals surface area contributed by atoms with E-state index in [0.717, 1.165) is 22.4 Å². The van der Waals surface area contributed by atoms with Gasteiger partial charge in [-0.15, -0.1) is 0 Å². The number of rotatable bonds is 4. The van der Waals surface area contributed by atoms with Gasteiger partial charge in [0.25, 0.3) is 0 Å². The molecule has 1 aromatic rings. The maximum atomic E-state index is 11.5. The van der Waals surface area contributed by atoms with Crippen molar-refractivity contribution in [2.75, 3.05) is 7.11 Å². The highest BCUT2D eigenvalue weighted by molar-refractivity contribution is 5.74. The van der Waals surface area contributed by atoms with Crippen molar-refractivity contribution >= 4 is 6.03 Å². The molecular weight excluding hydrogens is 228 g/mol. The van der Waals surface area contributed by atoms with Crippen molar-refractivity contribution < 1.29 is 9.53 Å². The Morgan fingerprint density at radius 2 is 1.94 bits per heavy atom. The zero-order valence-electron chi connectivity index (χ0n) is 11.8. The van der Waals surface area contributed by atoms with Crippen LogP contribution in [0, 0.1) is 13.8 Å². The van der Waals surface area contributed by atoms with E-state index in [4.69, 9.17) is 4.74 Å². The smallest absolute Gasteiger partial charge is 0.315 e. The summed E-state index contributed by atoms with van der Waals surface area (Å²) < 4.78 is 5.26. The Morgan fingerprint density at radius 3 is 2.50 bits per heavy atom. The van der Waals surface area contributed by atoms with E-state index in [2.05, 4.69) is 10.6 Å². The van der Waals surface area contributed by atoms with Crippen molar-refractivity contribution in [3.8, 4) is 5.75 Å². The minimum atomic E-state index is -0.141. The van der Waals surface area contributed by atoms with Crippen LogP contribution in [-0.4, -0.2) is 19.2 Å². The average Bonchev–Trinajstić information content (AvgIpc) is 2.28. The summed E-state index contributed by atoms with van der Waals surface area (Å²) in [7, 11) is 1.66. The summed E-state index contributed by atoms with van der Waals surface area (Å²) in [6, 6.07) is 4.04. The molecule has 1 rings (SSSR count). The number of nitrogens with one attached hydrogen (secondary N) is 2. The lowest BCUT2D eigenvalue weighted by Crippen LogP contribution is -2.39. The fourth-order valence-corrected chi connectivity index (χ4v) is 1.75. The zero-order chi connectivity index (χ0) is 13.7. The van der Waals surface area contributed by atoms with Crippen LogP contribution in [0.4, 0.5) is 4.79 Å². The molecule has 0 saturated carbocycles. The zero-order valence-corrected chi connectivity index (χ0v) is 11.8. The highest BCUT2D eigenvalue weighted by atomic mass is 16.5. The molecule has 1 aromatic carbocycles. The molecule has 4 nitrogen and oxygen atoms in total. The number of carbonyl (C=O) groups excluding carboxylic acids is 1. The maximum absolute atomic E-state index is 11.5. The lowest BCUT2D eigenvalue weighted by atomic mass is 10.0. The molecule has 0 radical (unpaired) electrons. The molecular formula is C14H22N2O2. The monoisotopic (exact) mass is 250 g/mol. The van der Waals surface area contributed by atoms with E-state index in [0.29, 0.717) is 6.54 Å². The van der Waals surface area contributed by atoms with E-state index >= 15 is 0 Å². The lowest BCUT2D eigenvalue weighted by Gasteiger charge is -2.13. The van der Waals surface area contributed by atoms with Crippen LogP contribution in [0.15, 0.2) is 12.1 Å². The van der Waals surface area contributed by atoms with Gasteiger partial charge in [-0.25, -0.2) is 4.79 Å². The summed E-state index contributed by atoms with van der Waals surface area (Å²) in [5, 5.41) is 5.64. The molecule has 0 heterocycles. The van der Waals surface area contributed by atoms with Crippen LogP contribution >= 0.6 is 0 Å². The van der Waals surface area contributed by atoms with Crippen molar-refractivity contribution in [3.05, 3.63) is 28.8 Å². The predicted molar refractivity (Wildman–Crippen MR) is 73.0 cm³/mol. The first-order chi connectivity index (χ1) is 8.43. The first-order valence-corrected chi connectivity index (χ1v) is 6.12. The van der Waals surface area contributed by atoms with E-state index < -0.39 is 0 Å². The number of ether oxygens (including phenoxy) is 1. The minimum absolute atomic E-state index is 0.141. The molecule has 0 atom stereocenters. The van der Waals surface area contributed by atoms with E-state index in [1.165, 1.54) is 0 Å². The Hall–Kier alpha value is -1.71. The van der Waals surface area contributed by atoms with Gasteiger partial charge >= 0.3 is 6.03 Å². The van der Waals surface area contributed by atoms with Crippen molar-refractivity contribution in [1.29, 1.82) is 0 Å². The standard InChI is InChI=1S/C14H22N2O2/c1-9(2)16-14(17)15-8-12-6-11(4)13(18-5)7-10(12)3/h6-7,9H,8H2,1-5H3,(H2,15,16,17). The van der Waals surface area contributed by atoms with Gasteiger partial charge in [0.15, 0.2) is 0 Å². The summed E-state index contributed by atoms with van der Waals surface area (Å²) in [4.78, 5) is 11.5. The van der Waals surface area contributed by atoms with Gasteiger partial charge in [0, 0.05) is 12.6 Å². The van der Waals surface area contributed by atoms with Crippen LogP contribution in [0.3, 0.4) is 0 Å². The SMILES string of the molecule is COc1cc(C)c(CNC(=O)NC(C)C)cc1C. The van der Waals surface area contributed by atoms with E-state index in [1.807, 2.05) is 39.8 Å². The molecule has 0 aliphatic carbocycles. The third-order valence-corrected chi connectivity index (χ3v) is 2.71. The first-order valence-electron chi connectivity index (χ1n) is 6.12. The molecule has 0 fully saturated rings. The Morgan fingerprint density at radius 1 is 1.28 bits per heavy atom. The second-order valence-corrected chi connectivity index (χ2v) is 4.73. The minimum Gasteiger partial charge on any atom is -0.496 e. The molecule has 0 spiro atoms. The van der Waals surface area contributed by atoms with Gasteiger partial charge in [0.1, 0.15) is 5.75 Å². The van der Waals surface area contributed by atoms with Gasteiger partial charge in [0.05, 0.1) is 7.11 Å². The molecule has 0 saturated heterocycles. The molecule has 0 bridgehead atoms. The topological polar surface area (TPSA) is 50.4 Å². The van der Waals surface area contributed by atoms with Gasteiger partial charge in [-0.3, -0.25) is 0 Å². The van der Waals surface area contributed by atoms with E-state index in [9.17, 15) is 4.79 Å². The highest BCUT2D eigenvalue weighted by Gasteiger charge is 2.07. The Balaban J connectivity index is 2.68. The fourth-order valence-electron chi connectivity index (χ4n) is 1.75. The quantitative estimate of drug-likeness (QED) is 0.862. The Bertz CT molecular complexity index is 428. The number of urea groups is 1. The van der Waals surface area contributed by atoms with Crippen LogP contribution in [0.2, 0.25) is 0 Å². The van der Waals surface area contributed by atoms with Gasteiger partial charge in [0.2, 0.25) is 0 Å². The maximum Gasteiger partial charge on any atom is 0.315 e. The highest BCUT2D eigenvalue weighted by Crippen LogP contribution is 2.22. The second-order valence-electron chi connectivity index (χ2n) is 4.73. The van der Waals surface area contributed by atoms with Gasteiger partial charge in [-0.1, -0.05) is 6.07 Å². The average molecular weight is 250 g/mol. The number of carbonyl (C=O) groups is 1. The Kier molecular flexibility index (Phi) is 5.01. The summed E-state index contributed by atoms with van der Waals surface area (Å²) in [6.45, 7) is 8.40. The summed E-state index contributed by atoms with van der Waals surface area (Å²) in [5.41, 5.74) is 3.29. The molecule has 0 aliphatic heterocycles. The second kappa shape index (κ2) is 6.28. The Labute approximate surface area is 109 Å². The van der Waals surface area contributed by atoms with Crippen molar-refractivity contribution in [3.63, 3.8) is 0 Å². The molecule has 2 amide bonds. The third-order valence-electron chi connectivity index (χ3n) is 2.71. The largest absolute Gasteiger partial charge is 0.496 e. The predicted octanol–water partition coefficient (Wildman–Crippen LogP) is 2.52. The normalized spacial score (nSPS) is 10.3. The molecule has 0 aromatic heterocycles. The third kappa shape index (κ3) is 3.95. The van der Waals surface area contributed by atoms with Crippen molar-refractivity contribution in [2.24, 2.45) is 0 Å². The molecule has 2 N–H and O–H groups in total. The fraction of sp³-hybridized carbons (Fsp3) is 0.500. The van der Waals surface area contributed by atoms with Crippen LogP contribution in [-0.2, 0) is 6.54 Å². The number of amides is 2. The molecule has 0 unspecified atom stereocenters. The number of methoxy groups -OCH3 is 1. The first kappa shape index (κ1) is 14.4. The lowest BCUT2D eigenvalue weighted by molar-refractivity contribution is 0.238. The van der Waals surface area contributed by atoms with Crippen LogP contribution in [0.25, 0.3) is 0 Å². The van der Waals surface area contributed by atoms with E-state index in [-0.39, 0.29) is 12.1 Å².